The number of aromatic nitrogens is 1. The van der Waals surface area contributed by atoms with Crippen LogP contribution in [0, 0.1) is 0 Å². The zero-order valence-electron chi connectivity index (χ0n) is 15.6. The number of Topliss-reactive ketones (excluding diaryl/α,β-unsaturated/α-hetero) is 1. The molecule has 4 rings (SSSR count). The summed E-state index contributed by atoms with van der Waals surface area (Å²) < 4.78 is 34.8. The number of ether oxygens (including phenoxy) is 1. The van der Waals surface area contributed by atoms with Crippen LogP contribution in [0.4, 0.5) is 8.78 Å². The van der Waals surface area contributed by atoms with Crippen molar-refractivity contribution >= 4 is 22.9 Å². The maximum absolute atomic E-state index is 13.7. The number of ketones is 1. The molecule has 0 amide bonds. The van der Waals surface area contributed by atoms with Crippen molar-refractivity contribution in [3.63, 3.8) is 0 Å². The number of nitrogens with zero attached hydrogens (tertiary/aromatic N) is 1. The topological polar surface area (TPSA) is 50.9 Å². The van der Waals surface area contributed by atoms with E-state index in [1.165, 1.54) is 0 Å². The number of halogens is 3. The highest BCUT2D eigenvalue weighted by Crippen LogP contribution is 2.42. The minimum absolute atomic E-state index is 0.0120. The Morgan fingerprint density at radius 1 is 1.39 bits per heavy atom. The van der Waals surface area contributed by atoms with Gasteiger partial charge in [-0.2, -0.15) is 0 Å². The summed E-state index contributed by atoms with van der Waals surface area (Å²) in [5, 5.41) is 11.0. The summed E-state index contributed by atoms with van der Waals surface area (Å²) in [6, 6.07) is 5.41. The number of hydrogen-bond acceptors (Lipinski definition) is 3. The van der Waals surface area contributed by atoms with Crippen molar-refractivity contribution in [2.75, 3.05) is 13.2 Å². The Hall–Kier alpha value is -1.50. The van der Waals surface area contributed by atoms with E-state index in [9.17, 15) is 18.7 Å². The van der Waals surface area contributed by atoms with Gasteiger partial charge in [0.1, 0.15) is 0 Å². The maximum Gasteiger partial charge on any atom is 0.250 e. The molecule has 2 fully saturated rings. The van der Waals surface area contributed by atoms with Crippen LogP contribution in [-0.4, -0.2) is 40.0 Å². The largest absolute Gasteiger partial charge is 0.390 e. The summed E-state index contributed by atoms with van der Waals surface area (Å²) >= 11 is 6.39. The molecule has 0 bridgehead atoms. The Kier molecular flexibility index (Phi) is 5.23. The molecule has 1 aliphatic carbocycles. The third-order valence-corrected chi connectivity index (χ3v) is 6.31. The molecule has 4 nitrogen and oxygen atoms in total. The number of aliphatic hydroxyl groups is 1. The molecule has 0 radical (unpaired) electrons. The molecule has 0 spiro atoms. The number of rotatable bonds is 5. The minimum Gasteiger partial charge on any atom is -0.390 e. The average Bonchev–Trinajstić information content (AvgIpc) is 3.26. The molecule has 2 aromatic rings. The van der Waals surface area contributed by atoms with Crippen LogP contribution in [0.1, 0.15) is 66.9 Å². The molecular weight excluding hydrogens is 388 g/mol. The molecule has 1 N–H and O–H groups in total. The first-order valence-corrected chi connectivity index (χ1v) is 10.2. The molecule has 152 valence electrons. The molecule has 2 aromatic heterocycles. The fourth-order valence-corrected chi connectivity index (χ4v) is 4.83. The molecule has 7 heteroatoms. The Morgan fingerprint density at radius 2 is 2.21 bits per heavy atom. The predicted molar refractivity (Wildman–Crippen MR) is 103 cm³/mol. The highest BCUT2D eigenvalue weighted by molar-refractivity contribution is 6.35. The predicted octanol–water partition coefficient (Wildman–Crippen LogP) is 5.00. The second kappa shape index (κ2) is 7.39. The number of carbonyl (C=O) groups is 1. The smallest absolute Gasteiger partial charge is 0.250 e. The molecule has 2 aliphatic rings. The molecule has 1 saturated carbocycles. The van der Waals surface area contributed by atoms with Gasteiger partial charge < -0.3 is 14.2 Å². The van der Waals surface area contributed by atoms with Crippen LogP contribution in [0.2, 0.25) is 5.02 Å². The Bertz CT molecular complexity index is 891. The average molecular weight is 412 g/mol. The number of alkyl halides is 2. The lowest BCUT2D eigenvalue weighted by Crippen LogP contribution is -2.41. The number of carbonyl (C=O) groups excluding carboxylic acids is 1. The lowest BCUT2D eigenvalue weighted by molar-refractivity contribution is -0.126. The molecule has 0 aromatic carbocycles. The third kappa shape index (κ3) is 3.82. The first kappa shape index (κ1) is 19.8. The number of fused-ring (bicyclic) bond motifs is 1. The lowest BCUT2D eigenvalue weighted by Gasteiger charge is -2.36. The molecule has 28 heavy (non-hydrogen) atoms. The second-order valence-corrected chi connectivity index (χ2v) is 8.56. The summed E-state index contributed by atoms with van der Waals surface area (Å²) in [5.74, 6) is -2.86. The van der Waals surface area contributed by atoms with Crippen LogP contribution in [0.3, 0.4) is 0 Å². The Balaban J connectivity index is 1.59. The molecule has 1 aliphatic heterocycles. The molecule has 3 heterocycles. The van der Waals surface area contributed by atoms with Crippen molar-refractivity contribution in [3.05, 3.63) is 40.7 Å². The zero-order chi connectivity index (χ0) is 19.9. The van der Waals surface area contributed by atoms with Crippen molar-refractivity contribution in [2.24, 2.45) is 0 Å². The van der Waals surface area contributed by atoms with Gasteiger partial charge in [-0.15, -0.1) is 0 Å². The van der Waals surface area contributed by atoms with Gasteiger partial charge in [-0.25, -0.2) is 8.78 Å². The van der Waals surface area contributed by atoms with Crippen LogP contribution in [0.5, 0.6) is 0 Å². The number of pyridine rings is 1. The van der Waals surface area contributed by atoms with Crippen LogP contribution < -0.4 is 0 Å². The maximum atomic E-state index is 13.7. The third-order valence-electron chi connectivity index (χ3n) is 6.01. The second-order valence-electron chi connectivity index (χ2n) is 8.15. The van der Waals surface area contributed by atoms with E-state index in [-0.39, 0.29) is 37.4 Å². The Morgan fingerprint density at radius 3 is 2.93 bits per heavy atom. The lowest BCUT2D eigenvalue weighted by atomic mass is 9.79. The summed E-state index contributed by atoms with van der Waals surface area (Å²) in [5.41, 5.74) is 0.607. The van der Waals surface area contributed by atoms with Gasteiger partial charge in [0.25, 0.3) is 5.92 Å². The van der Waals surface area contributed by atoms with E-state index >= 15 is 0 Å². The van der Waals surface area contributed by atoms with E-state index in [4.69, 9.17) is 16.3 Å². The van der Waals surface area contributed by atoms with E-state index in [0.29, 0.717) is 35.7 Å². The first-order valence-electron chi connectivity index (χ1n) is 9.79. The van der Waals surface area contributed by atoms with Crippen LogP contribution in [-0.2, 0) is 4.74 Å². The van der Waals surface area contributed by atoms with E-state index in [2.05, 4.69) is 0 Å². The molecule has 1 unspecified atom stereocenters. The summed E-state index contributed by atoms with van der Waals surface area (Å²) in [4.78, 5) is 13.0. The Labute approximate surface area is 167 Å². The zero-order valence-corrected chi connectivity index (χ0v) is 16.4. The number of hydrogen-bond donors (Lipinski definition) is 1. The van der Waals surface area contributed by atoms with Crippen molar-refractivity contribution in [3.8, 4) is 0 Å². The standard InChI is InChI=1S/C21H24ClF2NO3/c22-16-3-1-9-25-17(14-5-10-28-12-14)11-15(19(16)25)18(26)4-8-20(27)6-2-7-21(23,24)13-20/h1,3,9,11,14,27H,2,4-8,10,12-13H2/t14?,20-/m0/s1. The minimum atomic E-state index is -2.86. The van der Waals surface area contributed by atoms with Crippen molar-refractivity contribution in [2.45, 2.75) is 62.4 Å². The van der Waals surface area contributed by atoms with E-state index in [1.54, 1.807) is 6.07 Å². The van der Waals surface area contributed by atoms with E-state index < -0.39 is 17.9 Å². The van der Waals surface area contributed by atoms with Crippen molar-refractivity contribution in [1.29, 1.82) is 0 Å². The van der Waals surface area contributed by atoms with Gasteiger partial charge in [0, 0.05) is 49.2 Å². The SMILES string of the molecule is O=C(CC[C@@]1(O)CCCC(F)(F)C1)c1cc(C2CCOC2)n2cccc(Cl)c12. The fourth-order valence-electron chi connectivity index (χ4n) is 4.56. The summed E-state index contributed by atoms with van der Waals surface area (Å²) in [6.07, 6.45) is 2.60. The normalized spacial score (nSPS) is 27.4. The van der Waals surface area contributed by atoms with Gasteiger partial charge >= 0.3 is 0 Å². The van der Waals surface area contributed by atoms with Crippen LogP contribution in [0.15, 0.2) is 24.4 Å². The van der Waals surface area contributed by atoms with Gasteiger partial charge in [0.2, 0.25) is 0 Å². The van der Waals surface area contributed by atoms with Gasteiger partial charge in [-0.05, 0) is 43.9 Å². The fraction of sp³-hybridized carbons (Fsp3) is 0.571. The summed E-state index contributed by atoms with van der Waals surface area (Å²) in [7, 11) is 0. The van der Waals surface area contributed by atoms with Gasteiger partial charge in [-0.3, -0.25) is 4.79 Å². The quantitative estimate of drug-likeness (QED) is 0.704. The van der Waals surface area contributed by atoms with E-state index in [1.807, 2.05) is 22.7 Å². The first-order chi connectivity index (χ1) is 13.3. The van der Waals surface area contributed by atoms with Gasteiger partial charge in [0.05, 0.1) is 22.7 Å². The monoisotopic (exact) mass is 411 g/mol. The highest BCUT2D eigenvalue weighted by Gasteiger charge is 2.44. The van der Waals surface area contributed by atoms with Crippen LogP contribution >= 0.6 is 11.6 Å². The summed E-state index contributed by atoms with van der Waals surface area (Å²) in [6.45, 7) is 1.28. The van der Waals surface area contributed by atoms with E-state index in [0.717, 1.165) is 12.1 Å². The molecule has 2 atom stereocenters. The van der Waals surface area contributed by atoms with Gasteiger partial charge in [-0.1, -0.05) is 11.6 Å². The highest BCUT2D eigenvalue weighted by atomic mass is 35.5. The molecule has 1 saturated heterocycles. The molecular formula is C21H24ClF2NO3. The van der Waals surface area contributed by atoms with Crippen LogP contribution in [0.25, 0.3) is 5.52 Å². The van der Waals surface area contributed by atoms with Crippen molar-refractivity contribution in [1.82, 2.24) is 4.40 Å². The van der Waals surface area contributed by atoms with Gasteiger partial charge in [0.15, 0.2) is 5.78 Å². The van der Waals surface area contributed by atoms with Crippen molar-refractivity contribution < 1.29 is 23.4 Å².